The van der Waals surface area contributed by atoms with Gasteiger partial charge in [-0.05, 0) is 0 Å². The lowest BCUT2D eigenvalue weighted by molar-refractivity contribution is 0.135. The van der Waals surface area contributed by atoms with E-state index in [0.29, 0.717) is 5.73 Å². The Bertz CT molecular complexity index is 120. The van der Waals surface area contributed by atoms with Crippen LogP contribution < -0.4 is 0 Å². The molecule has 1 unspecified atom stereocenters. The van der Waals surface area contributed by atoms with Gasteiger partial charge in [0.1, 0.15) is 5.73 Å². The summed E-state index contributed by atoms with van der Waals surface area (Å²) in [5.74, 6) is 0. The molecule has 1 rings (SSSR count). The van der Waals surface area contributed by atoms with Crippen molar-refractivity contribution in [3.8, 4) is 0 Å². The molecule has 9 heavy (non-hydrogen) atoms. The molecule has 1 aliphatic heterocycles. The van der Waals surface area contributed by atoms with E-state index in [2.05, 4.69) is 24.8 Å². The molecule has 1 heterocycles. The van der Waals surface area contributed by atoms with Crippen LogP contribution >= 0.6 is 0 Å². The van der Waals surface area contributed by atoms with Gasteiger partial charge >= 0.3 is 0 Å². The molecule has 0 aromatic rings. The zero-order chi connectivity index (χ0) is 6.91. The molecule has 0 saturated heterocycles. The molecule has 1 atom stereocenters. The molecule has 0 bridgehead atoms. The third-order valence-corrected chi connectivity index (χ3v) is 3.82. The summed E-state index contributed by atoms with van der Waals surface area (Å²) in [6.07, 6.45) is 2.89. The Kier molecular flexibility index (Phi) is 1.61. The summed E-state index contributed by atoms with van der Waals surface area (Å²) in [6, 6.07) is 0. The largest absolute Gasteiger partial charge is 0.396 e. The van der Waals surface area contributed by atoms with E-state index >= 15 is 0 Å². The van der Waals surface area contributed by atoms with E-state index in [1.165, 1.54) is 0 Å². The maximum atomic E-state index is 5.15. The summed E-state index contributed by atoms with van der Waals surface area (Å²) < 4.78 is 0. The Morgan fingerprint density at radius 2 is 2.22 bits per heavy atom. The van der Waals surface area contributed by atoms with Crippen molar-refractivity contribution in [2.24, 2.45) is 5.16 Å². The van der Waals surface area contributed by atoms with Crippen LogP contribution in [0.1, 0.15) is 6.42 Å². The molecular weight excluding hydrogens is 130 g/mol. The van der Waals surface area contributed by atoms with Crippen molar-refractivity contribution in [3.05, 3.63) is 0 Å². The number of hydrogen-bond acceptors (Lipinski definition) is 2. The lowest BCUT2D eigenvalue weighted by Crippen LogP contribution is -2.37. The van der Waals surface area contributed by atoms with Gasteiger partial charge in [-0.25, -0.2) is 0 Å². The van der Waals surface area contributed by atoms with Gasteiger partial charge in [0, 0.05) is 12.6 Å². The highest BCUT2D eigenvalue weighted by atomic mass is 28.3. The van der Waals surface area contributed by atoms with Crippen LogP contribution in [0.15, 0.2) is 5.16 Å². The van der Waals surface area contributed by atoms with Crippen LogP contribution in [0.5, 0.6) is 0 Å². The van der Waals surface area contributed by atoms with Gasteiger partial charge in [0.25, 0.3) is 0 Å². The predicted octanol–water partition coefficient (Wildman–Crippen LogP) is 1.64. The van der Waals surface area contributed by atoms with Crippen LogP contribution in [0.2, 0.25) is 19.6 Å². The number of rotatable bonds is 1. The topological polar surface area (TPSA) is 21.6 Å². The van der Waals surface area contributed by atoms with Crippen LogP contribution in [-0.4, -0.2) is 20.0 Å². The Hall–Kier alpha value is -0.313. The van der Waals surface area contributed by atoms with Crippen molar-refractivity contribution in [1.82, 2.24) is 0 Å². The Morgan fingerprint density at radius 1 is 1.56 bits per heavy atom. The van der Waals surface area contributed by atoms with Crippen molar-refractivity contribution < 1.29 is 4.84 Å². The molecule has 0 fully saturated rings. The van der Waals surface area contributed by atoms with Gasteiger partial charge in [0.05, 0.1) is 8.07 Å². The monoisotopic (exact) mass is 143 g/mol. The van der Waals surface area contributed by atoms with Crippen molar-refractivity contribution >= 4 is 14.3 Å². The number of hydrogen-bond donors (Lipinski definition) is 0. The van der Waals surface area contributed by atoms with E-state index in [4.69, 9.17) is 4.84 Å². The highest BCUT2D eigenvalue weighted by Gasteiger charge is 2.30. The van der Waals surface area contributed by atoms with Crippen molar-refractivity contribution in [2.45, 2.75) is 31.8 Å². The first-order chi connectivity index (χ1) is 4.11. The molecule has 0 N–H and O–H groups in total. The van der Waals surface area contributed by atoms with E-state index in [0.717, 1.165) is 6.42 Å². The number of nitrogens with zero attached hydrogens (tertiary/aromatic N) is 1. The van der Waals surface area contributed by atoms with Crippen LogP contribution in [0.3, 0.4) is 0 Å². The van der Waals surface area contributed by atoms with Crippen molar-refractivity contribution in [3.63, 3.8) is 0 Å². The first-order valence-electron chi connectivity index (χ1n) is 3.28. The standard InChI is InChI=1S/C6H13NOSi/c1-9(2,3)6-4-5-7-8-6/h5-6H,4H2,1-3H3. The third kappa shape index (κ3) is 1.54. The predicted molar refractivity (Wildman–Crippen MR) is 41.3 cm³/mol. The fourth-order valence-electron chi connectivity index (χ4n) is 0.810. The lowest BCUT2D eigenvalue weighted by atomic mass is 10.5. The second-order valence-electron chi connectivity index (χ2n) is 3.48. The lowest BCUT2D eigenvalue weighted by Gasteiger charge is -2.21. The van der Waals surface area contributed by atoms with Gasteiger partial charge in [0.15, 0.2) is 0 Å². The Balaban J connectivity index is 2.46. The van der Waals surface area contributed by atoms with Gasteiger partial charge in [0.2, 0.25) is 0 Å². The normalized spacial score (nSPS) is 26.3. The zero-order valence-electron chi connectivity index (χ0n) is 6.22. The van der Waals surface area contributed by atoms with Gasteiger partial charge < -0.3 is 4.84 Å². The molecular formula is C6H13NOSi. The van der Waals surface area contributed by atoms with Crippen molar-refractivity contribution in [2.75, 3.05) is 0 Å². The van der Waals surface area contributed by atoms with Gasteiger partial charge in [-0.3, -0.25) is 0 Å². The first-order valence-corrected chi connectivity index (χ1v) is 6.86. The molecule has 2 nitrogen and oxygen atoms in total. The fraction of sp³-hybridized carbons (Fsp3) is 0.833. The minimum Gasteiger partial charge on any atom is -0.396 e. The second kappa shape index (κ2) is 2.14. The average Bonchev–Trinajstić information content (AvgIpc) is 2.08. The Labute approximate surface area is 56.9 Å². The molecule has 52 valence electrons. The summed E-state index contributed by atoms with van der Waals surface area (Å²) >= 11 is 0. The highest BCUT2D eigenvalue weighted by Crippen LogP contribution is 2.17. The molecule has 0 spiro atoms. The first kappa shape index (κ1) is 6.80. The van der Waals surface area contributed by atoms with Crippen molar-refractivity contribution in [1.29, 1.82) is 0 Å². The summed E-state index contributed by atoms with van der Waals surface area (Å²) in [7, 11) is -1.07. The average molecular weight is 143 g/mol. The molecule has 0 aromatic heterocycles. The summed E-state index contributed by atoms with van der Waals surface area (Å²) in [4.78, 5) is 5.15. The third-order valence-electron chi connectivity index (χ3n) is 1.55. The van der Waals surface area contributed by atoms with E-state index in [1.807, 2.05) is 6.21 Å². The fourth-order valence-corrected chi connectivity index (χ4v) is 2.00. The molecule has 0 aromatic carbocycles. The molecule has 0 amide bonds. The second-order valence-corrected chi connectivity index (χ2v) is 8.86. The molecule has 0 radical (unpaired) electrons. The SMILES string of the molecule is C[Si](C)(C)C1CC=NO1. The number of oxime groups is 1. The minimum absolute atomic E-state index is 0.428. The van der Waals surface area contributed by atoms with Gasteiger partial charge in [-0.2, -0.15) is 0 Å². The van der Waals surface area contributed by atoms with Crippen LogP contribution in [0.25, 0.3) is 0 Å². The smallest absolute Gasteiger partial charge is 0.119 e. The van der Waals surface area contributed by atoms with E-state index in [-0.39, 0.29) is 0 Å². The van der Waals surface area contributed by atoms with Crippen LogP contribution in [0, 0.1) is 0 Å². The molecule has 1 aliphatic rings. The molecule has 3 heteroatoms. The molecule has 0 aliphatic carbocycles. The minimum atomic E-state index is -1.07. The summed E-state index contributed by atoms with van der Waals surface area (Å²) in [6.45, 7) is 6.89. The van der Waals surface area contributed by atoms with Crippen LogP contribution in [-0.2, 0) is 4.84 Å². The van der Waals surface area contributed by atoms with E-state index in [9.17, 15) is 0 Å². The van der Waals surface area contributed by atoms with Crippen LogP contribution in [0.4, 0.5) is 0 Å². The highest BCUT2D eigenvalue weighted by molar-refractivity contribution is 6.77. The van der Waals surface area contributed by atoms with E-state index < -0.39 is 8.07 Å². The summed E-state index contributed by atoms with van der Waals surface area (Å²) in [5.41, 5.74) is 0.428. The van der Waals surface area contributed by atoms with E-state index in [1.54, 1.807) is 0 Å². The quantitative estimate of drug-likeness (QED) is 0.511. The van der Waals surface area contributed by atoms with Gasteiger partial charge in [-0.15, -0.1) is 0 Å². The molecule has 0 saturated carbocycles. The maximum absolute atomic E-state index is 5.15. The maximum Gasteiger partial charge on any atom is 0.119 e. The Morgan fingerprint density at radius 3 is 2.44 bits per heavy atom. The van der Waals surface area contributed by atoms with Gasteiger partial charge in [-0.1, -0.05) is 24.8 Å². The zero-order valence-corrected chi connectivity index (χ0v) is 7.22. The summed E-state index contributed by atoms with van der Waals surface area (Å²) in [5, 5.41) is 3.74.